The highest BCUT2D eigenvalue weighted by Crippen LogP contribution is 2.45. The number of aliphatic hydroxyl groups is 1. The van der Waals surface area contributed by atoms with Crippen molar-refractivity contribution >= 4 is 39.5 Å². The first kappa shape index (κ1) is 84.1. The number of carbonyl (C=O) groups excluding carboxylic acids is 4. The van der Waals surface area contributed by atoms with Crippen LogP contribution < -0.4 is 0 Å². The molecule has 0 heterocycles. The van der Waals surface area contributed by atoms with Gasteiger partial charge in [-0.15, -0.1) is 0 Å². The number of carbonyl (C=O) groups is 4. The van der Waals surface area contributed by atoms with E-state index < -0.39 is 97.5 Å². The van der Waals surface area contributed by atoms with E-state index in [1.807, 2.05) is 0 Å². The van der Waals surface area contributed by atoms with Gasteiger partial charge < -0.3 is 33.8 Å². The van der Waals surface area contributed by atoms with E-state index in [9.17, 15) is 43.2 Å². The minimum atomic E-state index is -4.95. The van der Waals surface area contributed by atoms with E-state index in [-0.39, 0.29) is 25.7 Å². The van der Waals surface area contributed by atoms with Crippen LogP contribution in [0.25, 0.3) is 0 Å². The van der Waals surface area contributed by atoms with E-state index in [0.717, 1.165) is 108 Å². The van der Waals surface area contributed by atoms with Crippen molar-refractivity contribution in [2.45, 2.75) is 349 Å². The molecule has 86 heavy (non-hydrogen) atoms. The number of ether oxygens (including phenoxy) is 4. The Morgan fingerprint density at radius 2 is 0.593 bits per heavy atom. The minimum absolute atomic E-state index is 0.103. The molecule has 19 heteroatoms. The second-order valence-electron chi connectivity index (χ2n) is 25.2. The van der Waals surface area contributed by atoms with E-state index in [1.54, 1.807) is 0 Å². The van der Waals surface area contributed by atoms with Crippen LogP contribution in [0.15, 0.2) is 0 Å². The van der Waals surface area contributed by atoms with Crippen LogP contribution in [0.4, 0.5) is 0 Å². The second kappa shape index (κ2) is 58.2. The zero-order valence-electron chi connectivity index (χ0n) is 55.8. The molecule has 4 unspecified atom stereocenters. The number of aliphatic hydroxyl groups excluding tert-OH is 1. The van der Waals surface area contributed by atoms with Crippen LogP contribution in [0.2, 0.25) is 0 Å². The van der Waals surface area contributed by atoms with Crippen molar-refractivity contribution < 1.29 is 80.2 Å². The molecule has 17 nitrogen and oxygen atoms in total. The van der Waals surface area contributed by atoms with Gasteiger partial charge in [-0.05, 0) is 43.4 Å². The largest absolute Gasteiger partial charge is 0.472 e. The fraction of sp³-hybridized carbons (Fsp3) is 0.940. The Morgan fingerprint density at radius 3 is 0.884 bits per heavy atom. The Bertz CT molecular complexity index is 1700. The average molecular weight is 1270 g/mol. The minimum Gasteiger partial charge on any atom is -0.462 e. The molecule has 0 aliphatic heterocycles. The van der Waals surface area contributed by atoms with Gasteiger partial charge in [-0.25, -0.2) is 9.13 Å². The van der Waals surface area contributed by atoms with Crippen molar-refractivity contribution in [2.75, 3.05) is 39.6 Å². The normalized spacial score (nSPS) is 14.9. The Labute approximate surface area is 524 Å². The maximum atomic E-state index is 13.0. The summed E-state index contributed by atoms with van der Waals surface area (Å²) in [5.74, 6) is 0.134. The molecule has 510 valence electrons. The van der Waals surface area contributed by atoms with Crippen molar-refractivity contribution in [2.24, 2.45) is 17.8 Å². The summed E-state index contributed by atoms with van der Waals surface area (Å²) >= 11 is 0. The number of rotatable bonds is 65. The van der Waals surface area contributed by atoms with Gasteiger partial charge in [0, 0.05) is 25.7 Å². The summed E-state index contributed by atoms with van der Waals surface area (Å²) in [6, 6.07) is 0. The Kier molecular flexibility index (Phi) is 56.9. The van der Waals surface area contributed by atoms with Crippen molar-refractivity contribution in [3.8, 4) is 0 Å². The van der Waals surface area contributed by atoms with E-state index in [4.69, 9.17) is 37.0 Å². The SMILES string of the molecule is CCCCCCCCCCCCC(=O)OC[C@H](COP(=O)(O)OC[C@H](O)COP(=O)(O)OC[C@@H](COC(=O)CCCCCCCCCCCC(C)C)OC(=O)CCCCCCCCCCCCC(C)CC)OC(=O)CCCCCCCCC(C)CC. The molecular weight excluding hydrogens is 1140 g/mol. The van der Waals surface area contributed by atoms with Crippen LogP contribution >= 0.6 is 15.6 Å². The lowest BCUT2D eigenvalue weighted by Gasteiger charge is -2.21. The second-order valence-corrected chi connectivity index (χ2v) is 28.1. The Balaban J connectivity index is 5.26. The van der Waals surface area contributed by atoms with E-state index in [2.05, 4.69) is 48.5 Å². The van der Waals surface area contributed by atoms with Gasteiger partial charge in [-0.2, -0.15) is 0 Å². The number of phosphoric acid groups is 2. The number of phosphoric ester groups is 2. The van der Waals surface area contributed by atoms with Gasteiger partial charge >= 0.3 is 39.5 Å². The molecule has 0 saturated heterocycles. The Hall–Kier alpha value is -1.94. The lowest BCUT2D eigenvalue weighted by atomic mass is 9.99. The molecule has 7 atom stereocenters. The van der Waals surface area contributed by atoms with E-state index in [0.29, 0.717) is 25.7 Å². The highest BCUT2D eigenvalue weighted by molar-refractivity contribution is 7.47. The predicted molar refractivity (Wildman–Crippen MR) is 344 cm³/mol. The molecule has 0 amide bonds. The molecule has 0 spiro atoms. The highest BCUT2D eigenvalue weighted by Gasteiger charge is 2.30. The van der Waals surface area contributed by atoms with Gasteiger partial charge in [-0.3, -0.25) is 37.3 Å². The third-order valence-electron chi connectivity index (χ3n) is 16.1. The molecule has 0 aromatic carbocycles. The summed E-state index contributed by atoms with van der Waals surface area (Å²) in [7, 11) is -9.89. The smallest absolute Gasteiger partial charge is 0.462 e. The van der Waals surface area contributed by atoms with Crippen LogP contribution in [-0.2, 0) is 65.4 Å². The fourth-order valence-corrected chi connectivity index (χ4v) is 11.5. The number of esters is 4. The molecular formula is C67H130O17P2. The quantitative estimate of drug-likeness (QED) is 0.0222. The van der Waals surface area contributed by atoms with Crippen molar-refractivity contribution in [3.05, 3.63) is 0 Å². The van der Waals surface area contributed by atoms with Crippen molar-refractivity contribution in [1.82, 2.24) is 0 Å². The molecule has 0 radical (unpaired) electrons. The zero-order valence-corrected chi connectivity index (χ0v) is 57.6. The molecule has 0 rings (SSSR count). The van der Waals surface area contributed by atoms with Crippen LogP contribution in [0.5, 0.6) is 0 Å². The molecule has 0 aromatic rings. The maximum Gasteiger partial charge on any atom is 0.472 e. The average Bonchev–Trinajstić information content (AvgIpc) is 3.70. The van der Waals surface area contributed by atoms with Gasteiger partial charge in [0.05, 0.1) is 26.4 Å². The third kappa shape index (κ3) is 58.4. The van der Waals surface area contributed by atoms with Gasteiger partial charge in [-0.1, -0.05) is 280 Å². The maximum absolute atomic E-state index is 13.0. The Morgan fingerprint density at radius 1 is 0.337 bits per heavy atom. The fourth-order valence-electron chi connectivity index (χ4n) is 9.95. The van der Waals surface area contributed by atoms with Gasteiger partial charge in [0.2, 0.25) is 0 Å². The zero-order chi connectivity index (χ0) is 63.8. The summed E-state index contributed by atoms with van der Waals surface area (Å²) < 4.78 is 68.1. The molecule has 0 aromatic heterocycles. The van der Waals surface area contributed by atoms with Crippen LogP contribution in [-0.4, -0.2) is 96.7 Å². The third-order valence-corrected chi connectivity index (χ3v) is 18.0. The summed E-state index contributed by atoms with van der Waals surface area (Å²) in [5, 5.41) is 10.6. The highest BCUT2D eigenvalue weighted by atomic mass is 31.2. The summed E-state index contributed by atoms with van der Waals surface area (Å²) in [6.45, 7) is 11.8. The lowest BCUT2D eigenvalue weighted by molar-refractivity contribution is -0.161. The van der Waals surface area contributed by atoms with Gasteiger partial charge in [0.25, 0.3) is 0 Å². The molecule has 0 saturated carbocycles. The molecule has 3 N–H and O–H groups in total. The van der Waals surface area contributed by atoms with E-state index >= 15 is 0 Å². The van der Waals surface area contributed by atoms with E-state index in [1.165, 1.54) is 141 Å². The van der Waals surface area contributed by atoms with Crippen LogP contribution in [0.1, 0.15) is 331 Å². The molecule has 0 aliphatic rings. The lowest BCUT2D eigenvalue weighted by Crippen LogP contribution is -2.30. The predicted octanol–water partition coefficient (Wildman–Crippen LogP) is 18.7. The van der Waals surface area contributed by atoms with Gasteiger partial charge in [0.1, 0.15) is 19.3 Å². The first-order chi connectivity index (χ1) is 41.3. The van der Waals surface area contributed by atoms with Crippen molar-refractivity contribution in [1.29, 1.82) is 0 Å². The monoisotopic (exact) mass is 1270 g/mol. The van der Waals surface area contributed by atoms with Crippen LogP contribution in [0, 0.1) is 17.8 Å². The number of hydrogen-bond donors (Lipinski definition) is 3. The molecule has 0 bridgehead atoms. The molecule has 0 aliphatic carbocycles. The molecule has 0 fully saturated rings. The number of unbranched alkanes of at least 4 members (excludes halogenated alkanes) is 31. The number of hydrogen-bond acceptors (Lipinski definition) is 15. The first-order valence-electron chi connectivity index (χ1n) is 34.9. The van der Waals surface area contributed by atoms with Gasteiger partial charge in [0.15, 0.2) is 12.2 Å². The summed E-state index contributed by atoms with van der Waals surface area (Å²) in [5.41, 5.74) is 0. The first-order valence-corrected chi connectivity index (χ1v) is 37.9. The van der Waals surface area contributed by atoms with Crippen LogP contribution in [0.3, 0.4) is 0 Å². The van der Waals surface area contributed by atoms with Crippen molar-refractivity contribution in [3.63, 3.8) is 0 Å². The topological polar surface area (TPSA) is 237 Å². The standard InChI is InChI=1S/C67H130O17P2/c1-8-11-12-13-14-15-21-26-34-41-48-64(69)78-55-63(84-67(72)51-44-37-30-29-33-40-47-60(7)10-3)57-82-86(75,76)80-53-61(68)52-79-85(73,74)81-56-62(54-77-65(70)49-42-35-27-23-18-19-24-31-38-45-58(4)5)83-66(71)50-43-36-28-22-17-16-20-25-32-39-46-59(6)9-2/h58-63,68H,8-57H2,1-7H3,(H,73,74)(H,75,76)/t59?,60?,61-,62-,63-/m1/s1. The summed E-state index contributed by atoms with van der Waals surface area (Å²) in [6.07, 6.45) is 40.2. The summed E-state index contributed by atoms with van der Waals surface area (Å²) in [4.78, 5) is 72.4.